The Kier molecular flexibility index (Phi) is 9.48. The van der Waals surface area contributed by atoms with Gasteiger partial charge in [-0.25, -0.2) is 0 Å². The highest BCUT2D eigenvalue weighted by Crippen LogP contribution is 2.10. The van der Waals surface area contributed by atoms with Crippen LogP contribution in [0.1, 0.15) is 12.0 Å². The van der Waals surface area contributed by atoms with Gasteiger partial charge in [-0.2, -0.15) is 0 Å². The zero-order valence-electron chi connectivity index (χ0n) is 15.1. The van der Waals surface area contributed by atoms with E-state index in [1.54, 1.807) is 14.2 Å². The summed E-state index contributed by atoms with van der Waals surface area (Å²) in [7, 11) is 7.16. The topological polar surface area (TPSA) is 78.0 Å². The smallest absolute Gasteiger partial charge is 0.238 e. The van der Waals surface area contributed by atoms with Crippen LogP contribution in [0.2, 0.25) is 0 Å². The monoisotopic (exact) mass is 335 g/mol. The summed E-state index contributed by atoms with van der Waals surface area (Å²) in [4.78, 5) is 17.8. The summed E-state index contributed by atoms with van der Waals surface area (Å²) in [5, 5.41) is 9.37. The number of guanidine groups is 1. The van der Waals surface area contributed by atoms with Crippen LogP contribution in [0.4, 0.5) is 5.69 Å². The number of methoxy groups -OCH3 is 1. The minimum absolute atomic E-state index is 0.0271. The van der Waals surface area contributed by atoms with Crippen LogP contribution < -0.4 is 16.0 Å². The molecule has 0 heterocycles. The maximum atomic E-state index is 11.8. The molecule has 0 saturated carbocycles. The lowest BCUT2D eigenvalue weighted by Gasteiger charge is -2.13. The van der Waals surface area contributed by atoms with Crippen molar-refractivity contribution >= 4 is 17.6 Å². The van der Waals surface area contributed by atoms with E-state index in [9.17, 15) is 4.79 Å². The van der Waals surface area contributed by atoms with Crippen molar-refractivity contribution in [3.8, 4) is 0 Å². The summed E-state index contributed by atoms with van der Waals surface area (Å²) >= 11 is 0. The molecule has 0 bridgehead atoms. The van der Waals surface area contributed by atoms with Crippen molar-refractivity contribution in [3.05, 3.63) is 29.8 Å². The fourth-order valence-electron chi connectivity index (χ4n) is 2.08. The van der Waals surface area contributed by atoms with Gasteiger partial charge in [0.15, 0.2) is 5.96 Å². The molecular weight excluding hydrogens is 306 g/mol. The van der Waals surface area contributed by atoms with Gasteiger partial charge in [0.25, 0.3) is 0 Å². The minimum Gasteiger partial charge on any atom is -0.385 e. The van der Waals surface area contributed by atoms with Crippen LogP contribution in [0.5, 0.6) is 0 Å². The fraction of sp³-hybridized carbons (Fsp3) is 0.529. The van der Waals surface area contributed by atoms with Crippen LogP contribution in [0.15, 0.2) is 29.3 Å². The van der Waals surface area contributed by atoms with E-state index in [0.717, 1.165) is 36.8 Å². The van der Waals surface area contributed by atoms with Crippen LogP contribution in [0, 0.1) is 0 Å². The Labute approximate surface area is 144 Å². The van der Waals surface area contributed by atoms with Gasteiger partial charge in [-0.1, -0.05) is 12.1 Å². The van der Waals surface area contributed by atoms with Gasteiger partial charge < -0.3 is 25.6 Å². The summed E-state index contributed by atoms with van der Waals surface area (Å²) in [6.45, 7) is 2.51. The number of benzene rings is 1. The highest BCUT2D eigenvalue weighted by molar-refractivity contribution is 5.92. The molecule has 7 heteroatoms. The third-order valence-electron chi connectivity index (χ3n) is 3.17. The van der Waals surface area contributed by atoms with Gasteiger partial charge in [0.2, 0.25) is 5.91 Å². The third-order valence-corrected chi connectivity index (χ3v) is 3.17. The predicted molar refractivity (Wildman–Crippen MR) is 98.3 cm³/mol. The number of aliphatic imine (C=N–C) groups is 1. The van der Waals surface area contributed by atoms with E-state index < -0.39 is 0 Å². The van der Waals surface area contributed by atoms with E-state index in [1.807, 2.05) is 43.3 Å². The van der Waals surface area contributed by atoms with E-state index in [2.05, 4.69) is 20.9 Å². The first-order valence-corrected chi connectivity index (χ1v) is 8.02. The number of carbonyl (C=O) groups excluding carboxylic acids is 1. The molecule has 0 spiro atoms. The van der Waals surface area contributed by atoms with Crippen molar-refractivity contribution in [2.24, 2.45) is 4.99 Å². The van der Waals surface area contributed by atoms with Gasteiger partial charge in [0.05, 0.1) is 6.54 Å². The molecule has 0 aliphatic rings. The lowest BCUT2D eigenvalue weighted by atomic mass is 10.2. The number of amides is 1. The number of anilines is 1. The van der Waals surface area contributed by atoms with Gasteiger partial charge in [0.1, 0.15) is 0 Å². The van der Waals surface area contributed by atoms with Gasteiger partial charge in [-0.3, -0.25) is 9.79 Å². The van der Waals surface area contributed by atoms with Crippen LogP contribution >= 0.6 is 0 Å². The van der Waals surface area contributed by atoms with Crippen LogP contribution in [0.25, 0.3) is 0 Å². The average Bonchev–Trinajstić information content (AvgIpc) is 2.53. The van der Waals surface area contributed by atoms with Crippen molar-refractivity contribution in [2.45, 2.75) is 13.0 Å². The first-order chi connectivity index (χ1) is 11.5. The lowest BCUT2D eigenvalue weighted by Crippen LogP contribution is -2.37. The SMILES string of the molecule is CN=C(NCCCOC)NCc1cccc(NC(=O)CN(C)C)c1. The van der Waals surface area contributed by atoms with Crippen molar-refractivity contribution in [1.82, 2.24) is 15.5 Å². The third kappa shape index (κ3) is 8.50. The maximum Gasteiger partial charge on any atom is 0.238 e. The Morgan fingerprint density at radius 1 is 1.29 bits per heavy atom. The molecule has 0 radical (unpaired) electrons. The highest BCUT2D eigenvalue weighted by atomic mass is 16.5. The molecule has 1 aromatic carbocycles. The van der Waals surface area contributed by atoms with E-state index in [1.165, 1.54) is 0 Å². The molecule has 0 aliphatic carbocycles. The molecule has 0 atom stereocenters. The van der Waals surface area contributed by atoms with Crippen LogP contribution in [0.3, 0.4) is 0 Å². The Morgan fingerprint density at radius 2 is 2.08 bits per heavy atom. The second-order valence-electron chi connectivity index (χ2n) is 5.69. The molecule has 1 rings (SSSR count). The fourth-order valence-corrected chi connectivity index (χ4v) is 2.08. The van der Waals surface area contributed by atoms with Crippen molar-refractivity contribution in [3.63, 3.8) is 0 Å². The zero-order valence-corrected chi connectivity index (χ0v) is 15.1. The maximum absolute atomic E-state index is 11.8. The van der Waals surface area contributed by atoms with Gasteiger partial charge in [-0.05, 0) is 38.2 Å². The second kappa shape index (κ2) is 11.4. The van der Waals surface area contributed by atoms with Gasteiger partial charge in [-0.15, -0.1) is 0 Å². The molecule has 0 unspecified atom stereocenters. The molecule has 0 saturated heterocycles. The highest BCUT2D eigenvalue weighted by Gasteiger charge is 2.04. The predicted octanol–water partition coefficient (Wildman–Crippen LogP) is 0.888. The molecule has 134 valence electrons. The van der Waals surface area contributed by atoms with E-state index >= 15 is 0 Å². The Balaban J connectivity index is 2.47. The number of nitrogens with one attached hydrogen (secondary N) is 3. The lowest BCUT2D eigenvalue weighted by molar-refractivity contribution is -0.116. The molecule has 0 aromatic heterocycles. The standard InChI is InChI=1S/C17H29N5O2/c1-18-17(19-9-6-10-24-4)20-12-14-7-5-8-15(11-14)21-16(23)13-22(2)3/h5,7-8,11H,6,9-10,12-13H2,1-4H3,(H,21,23)(H2,18,19,20). The quantitative estimate of drug-likeness (QED) is 0.355. The molecule has 1 aromatic rings. The molecule has 7 nitrogen and oxygen atoms in total. The van der Waals surface area contributed by atoms with E-state index in [-0.39, 0.29) is 5.91 Å². The van der Waals surface area contributed by atoms with Crippen molar-refractivity contribution in [1.29, 1.82) is 0 Å². The first kappa shape index (κ1) is 19.9. The van der Waals surface area contributed by atoms with Crippen LogP contribution in [-0.2, 0) is 16.1 Å². The molecule has 24 heavy (non-hydrogen) atoms. The second-order valence-corrected chi connectivity index (χ2v) is 5.69. The number of nitrogens with zero attached hydrogens (tertiary/aromatic N) is 2. The molecule has 3 N–H and O–H groups in total. The summed E-state index contributed by atoms with van der Waals surface area (Å²) in [5.74, 6) is 0.717. The summed E-state index contributed by atoms with van der Waals surface area (Å²) in [6, 6.07) is 7.78. The number of rotatable bonds is 9. The Bertz CT molecular complexity index is 531. The average molecular weight is 335 g/mol. The van der Waals surface area contributed by atoms with Gasteiger partial charge in [0, 0.05) is 39.5 Å². The first-order valence-electron chi connectivity index (χ1n) is 8.02. The Hall–Kier alpha value is -2.12. The normalized spacial score (nSPS) is 11.5. The zero-order chi connectivity index (χ0) is 17.8. The van der Waals surface area contributed by atoms with Crippen LogP contribution in [-0.4, -0.2) is 64.7 Å². The molecule has 0 aliphatic heterocycles. The van der Waals surface area contributed by atoms with E-state index in [4.69, 9.17) is 4.74 Å². The van der Waals surface area contributed by atoms with Crippen molar-refractivity contribution < 1.29 is 9.53 Å². The number of ether oxygens (including phenoxy) is 1. The molecule has 1 amide bonds. The number of carbonyl (C=O) groups is 1. The number of hydrogen-bond donors (Lipinski definition) is 3. The largest absolute Gasteiger partial charge is 0.385 e. The summed E-state index contributed by atoms with van der Waals surface area (Å²) < 4.78 is 5.02. The molecular formula is C17H29N5O2. The van der Waals surface area contributed by atoms with Gasteiger partial charge >= 0.3 is 0 Å². The summed E-state index contributed by atoms with van der Waals surface area (Å²) in [6.07, 6.45) is 0.921. The molecule has 0 fully saturated rings. The Morgan fingerprint density at radius 3 is 2.75 bits per heavy atom. The minimum atomic E-state index is -0.0271. The van der Waals surface area contributed by atoms with E-state index in [0.29, 0.717) is 13.1 Å². The number of likely N-dealkylation sites (N-methyl/N-ethyl adjacent to an activating group) is 1. The summed E-state index contributed by atoms with van der Waals surface area (Å²) in [5.41, 5.74) is 1.86. The van der Waals surface area contributed by atoms with Crippen molar-refractivity contribution in [2.75, 3.05) is 53.3 Å². The number of hydrogen-bond acceptors (Lipinski definition) is 4.